The second-order valence-corrected chi connectivity index (χ2v) is 6.57. The van der Waals surface area contributed by atoms with Gasteiger partial charge >= 0.3 is 0 Å². The Balaban J connectivity index is 1.91. The van der Waals surface area contributed by atoms with E-state index in [1.165, 1.54) is 0 Å². The van der Waals surface area contributed by atoms with Crippen molar-refractivity contribution in [3.8, 4) is 0 Å². The van der Waals surface area contributed by atoms with E-state index in [0.29, 0.717) is 17.5 Å². The van der Waals surface area contributed by atoms with Gasteiger partial charge in [0.25, 0.3) is 0 Å². The first-order chi connectivity index (χ1) is 9.70. The summed E-state index contributed by atoms with van der Waals surface area (Å²) in [6.07, 6.45) is 2.88. The SMILES string of the molecule is CSCC[C@@H](N)c1nc(CSc2ccccc2Cl)no1. The molecule has 1 heterocycles. The van der Waals surface area contributed by atoms with Crippen LogP contribution in [0.4, 0.5) is 0 Å². The average Bonchev–Trinajstić information content (AvgIpc) is 2.93. The van der Waals surface area contributed by atoms with Gasteiger partial charge in [0, 0.05) is 4.90 Å². The highest BCUT2D eigenvalue weighted by Crippen LogP contribution is 2.28. The standard InChI is InChI=1S/C13H16ClN3OS2/c1-19-7-6-10(15)13-16-12(17-18-13)8-20-11-5-3-2-4-9(11)14/h2-5,10H,6-8,15H2,1H3/t10-/m1/s1. The summed E-state index contributed by atoms with van der Waals surface area (Å²) in [5, 5.41) is 4.69. The highest BCUT2D eigenvalue weighted by Gasteiger charge is 2.14. The molecular weight excluding hydrogens is 314 g/mol. The fraction of sp³-hybridized carbons (Fsp3) is 0.385. The fourth-order valence-electron chi connectivity index (χ4n) is 1.55. The average molecular weight is 330 g/mol. The van der Waals surface area contributed by atoms with Gasteiger partial charge in [-0.3, -0.25) is 0 Å². The Hall–Kier alpha value is -0.690. The minimum atomic E-state index is -0.186. The van der Waals surface area contributed by atoms with Crippen LogP contribution in [-0.2, 0) is 5.75 Å². The zero-order chi connectivity index (χ0) is 14.4. The first-order valence-electron chi connectivity index (χ1n) is 6.15. The zero-order valence-electron chi connectivity index (χ0n) is 11.1. The van der Waals surface area contributed by atoms with Crippen molar-refractivity contribution in [3.63, 3.8) is 0 Å². The minimum absolute atomic E-state index is 0.186. The molecule has 0 spiro atoms. The second kappa shape index (κ2) is 7.93. The van der Waals surface area contributed by atoms with Crippen LogP contribution in [0.3, 0.4) is 0 Å². The lowest BCUT2D eigenvalue weighted by molar-refractivity contribution is 0.350. The summed E-state index contributed by atoms with van der Waals surface area (Å²) in [4.78, 5) is 5.34. The van der Waals surface area contributed by atoms with E-state index in [2.05, 4.69) is 10.1 Å². The van der Waals surface area contributed by atoms with Crippen LogP contribution in [0, 0.1) is 0 Å². The van der Waals surface area contributed by atoms with Gasteiger partial charge in [-0.25, -0.2) is 0 Å². The van der Waals surface area contributed by atoms with Gasteiger partial charge in [-0.1, -0.05) is 28.9 Å². The topological polar surface area (TPSA) is 64.9 Å². The predicted octanol–water partition coefficient (Wildman–Crippen LogP) is 3.77. The van der Waals surface area contributed by atoms with E-state index >= 15 is 0 Å². The summed E-state index contributed by atoms with van der Waals surface area (Å²) >= 11 is 9.43. The summed E-state index contributed by atoms with van der Waals surface area (Å²) in [7, 11) is 0. The van der Waals surface area contributed by atoms with Crippen molar-refractivity contribution >= 4 is 35.1 Å². The molecule has 0 aliphatic heterocycles. The van der Waals surface area contributed by atoms with Gasteiger partial charge in [0.05, 0.1) is 16.8 Å². The van der Waals surface area contributed by atoms with Crippen molar-refractivity contribution in [1.29, 1.82) is 0 Å². The number of nitrogens with two attached hydrogens (primary N) is 1. The van der Waals surface area contributed by atoms with Gasteiger partial charge in [0.2, 0.25) is 5.89 Å². The molecule has 0 fully saturated rings. The first-order valence-corrected chi connectivity index (χ1v) is 8.90. The van der Waals surface area contributed by atoms with Crippen molar-refractivity contribution in [2.75, 3.05) is 12.0 Å². The maximum atomic E-state index is 6.10. The number of hydrogen-bond donors (Lipinski definition) is 1. The number of aromatic nitrogens is 2. The van der Waals surface area contributed by atoms with Gasteiger partial charge < -0.3 is 10.3 Å². The highest BCUT2D eigenvalue weighted by atomic mass is 35.5. The molecule has 1 aromatic heterocycles. The molecule has 7 heteroatoms. The van der Waals surface area contributed by atoms with E-state index in [9.17, 15) is 0 Å². The quantitative estimate of drug-likeness (QED) is 0.780. The number of rotatable bonds is 7. The molecule has 1 atom stereocenters. The Morgan fingerprint density at radius 1 is 1.40 bits per heavy atom. The van der Waals surface area contributed by atoms with E-state index in [1.54, 1.807) is 23.5 Å². The van der Waals surface area contributed by atoms with Crippen LogP contribution >= 0.6 is 35.1 Å². The lowest BCUT2D eigenvalue weighted by Crippen LogP contribution is -2.11. The molecule has 0 saturated carbocycles. The molecular formula is C13H16ClN3OS2. The normalized spacial score (nSPS) is 12.6. The van der Waals surface area contributed by atoms with Crippen molar-refractivity contribution in [2.24, 2.45) is 5.73 Å². The van der Waals surface area contributed by atoms with Gasteiger partial charge in [-0.05, 0) is 30.6 Å². The third kappa shape index (κ3) is 4.41. The third-order valence-electron chi connectivity index (χ3n) is 2.63. The van der Waals surface area contributed by atoms with Crippen LogP contribution in [0.25, 0.3) is 0 Å². The monoisotopic (exact) mass is 329 g/mol. The molecule has 2 rings (SSSR count). The molecule has 0 radical (unpaired) electrons. The predicted molar refractivity (Wildman–Crippen MR) is 85.2 cm³/mol. The molecule has 108 valence electrons. The first kappa shape index (κ1) is 15.7. The third-order valence-corrected chi connectivity index (χ3v) is 4.78. The number of nitrogens with zero attached hydrogens (tertiary/aromatic N) is 2. The summed E-state index contributed by atoms with van der Waals surface area (Å²) in [5.74, 6) is 2.74. The Morgan fingerprint density at radius 2 is 2.20 bits per heavy atom. The Bertz CT molecular complexity index is 550. The smallest absolute Gasteiger partial charge is 0.243 e. The van der Waals surface area contributed by atoms with E-state index in [4.69, 9.17) is 21.9 Å². The molecule has 2 N–H and O–H groups in total. The maximum absolute atomic E-state index is 6.10. The summed E-state index contributed by atoms with van der Waals surface area (Å²) in [6.45, 7) is 0. The van der Waals surface area contributed by atoms with Gasteiger partial charge in [0.1, 0.15) is 0 Å². The van der Waals surface area contributed by atoms with Crippen molar-refractivity contribution in [2.45, 2.75) is 23.1 Å². The number of halogens is 1. The molecule has 1 aromatic carbocycles. The Labute approximate surface area is 131 Å². The van der Waals surface area contributed by atoms with Gasteiger partial charge in [-0.15, -0.1) is 11.8 Å². The lowest BCUT2D eigenvalue weighted by Gasteiger charge is -2.03. The lowest BCUT2D eigenvalue weighted by atomic mass is 10.2. The molecule has 4 nitrogen and oxygen atoms in total. The van der Waals surface area contributed by atoms with Crippen LogP contribution in [0.2, 0.25) is 5.02 Å². The number of benzene rings is 1. The van der Waals surface area contributed by atoms with Gasteiger partial charge in [-0.2, -0.15) is 16.7 Å². The van der Waals surface area contributed by atoms with E-state index < -0.39 is 0 Å². The van der Waals surface area contributed by atoms with Crippen LogP contribution in [-0.4, -0.2) is 22.1 Å². The Morgan fingerprint density at radius 3 is 2.95 bits per heavy atom. The fourth-order valence-corrected chi connectivity index (χ4v) is 3.12. The molecule has 0 bridgehead atoms. The molecule has 0 aliphatic carbocycles. The number of thioether (sulfide) groups is 2. The summed E-state index contributed by atoms with van der Waals surface area (Å²) in [6, 6.07) is 7.51. The zero-order valence-corrected chi connectivity index (χ0v) is 13.5. The molecule has 0 unspecified atom stereocenters. The van der Waals surface area contributed by atoms with Crippen LogP contribution in [0.15, 0.2) is 33.7 Å². The molecule has 0 aliphatic rings. The summed E-state index contributed by atoms with van der Waals surface area (Å²) < 4.78 is 5.20. The van der Waals surface area contributed by atoms with Gasteiger partial charge in [0.15, 0.2) is 5.82 Å². The molecule has 0 amide bonds. The maximum Gasteiger partial charge on any atom is 0.243 e. The van der Waals surface area contributed by atoms with Crippen molar-refractivity contribution in [3.05, 3.63) is 41.0 Å². The molecule has 2 aromatic rings. The Kier molecular flexibility index (Phi) is 6.22. The van der Waals surface area contributed by atoms with Crippen LogP contribution < -0.4 is 5.73 Å². The molecule has 0 saturated heterocycles. The van der Waals surface area contributed by atoms with Crippen molar-refractivity contribution < 1.29 is 4.52 Å². The summed E-state index contributed by atoms with van der Waals surface area (Å²) in [5.41, 5.74) is 5.99. The van der Waals surface area contributed by atoms with Crippen LogP contribution in [0.1, 0.15) is 24.2 Å². The minimum Gasteiger partial charge on any atom is -0.338 e. The van der Waals surface area contributed by atoms with E-state index in [0.717, 1.165) is 22.1 Å². The molecule has 20 heavy (non-hydrogen) atoms. The van der Waals surface area contributed by atoms with Crippen molar-refractivity contribution in [1.82, 2.24) is 10.1 Å². The largest absolute Gasteiger partial charge is 0.338 e. The second-order valence-electron chi connectivity index (χ2n) is 4.16. The number of hydrogen-bond acceptors (Lipinski definition) is 6. The van der Waals surface area contributed by atoms with Crippen LogP contribution in [0.5, 0.6) is 0 Å². The highest BCUT2D eigenvalue weighted by molar-refractivity contribution is 7.98. The van der Waals surface area contributed by atoms with E-state index in [-0.39, 0.29) is 6.04 Å². The van der Waals surface area contributed by atoms with E-state index in [1.807, 2.05) is 30.5 Å².